The number of hydrogen-bond acceptors (Lipinski definition) is 7. The van der Waals surface area contributed by atoms with Crippen molar-refractivity contribution in [2.24, 2.45) is 0 Å². The first-order valence-corrected chi connectivity index (χ1v) is 8.86. The van der Waals surface area contributed by atoms with Gasteiger partial charge in [0, 0.05) is 13.7 Å². The highest BCUT2D eigenvalue weighted by Crippen LogP contribution is 2.25. The van der Waals surface area contributed by atoms with Crippen molar-refractivity contribution in [2.75, 3.05) is 33.0 Å². The molecule has 2 rings (SSSR count). The number of carbonyl (C=O) groups is 1. The highest BCUT2D eigenvalue weighted by molar-refractivity contribution is 6.31. The molecule has 8 nitrogen and oxygen atoms in total. The lowest BCUT2D eigenvalue weighted by Crippen LogP contribution is -2.35. The lowest BCUT2D eigenvalue weighted by Gasteiger charge is -2.24. The maximum atomic E-state index is 11.6. The molecule has 0 aromatic carbocycles. The van der Waals surface area contributed by atoms with Crippen LogP contribution in [0.1, 0.15) is 41.0 Å². The van der Waals surface area contributed by atoms with Gasteiger partial charge >= 0.3 is 6.09 Å². The first kappa shape index (κ1) is 24.2. The van der Waals surface area contributed by atoms with Crippen LogP contribution in [0.2, 0.25) is 5.15 Å². The zero-order chi connectivity index (χ0) is 20.3. The van der Waals surface area contributed by atoms with Crippen LogP contribution in [0.15, 0.2) is 6.33 Å². The Morgan fingerprint density at radius 1 is 1.31 bits per heavy atom. The van der Waals surface area contributed by atoms with Crippen molar-refractivity contribution in [1.29, 1.82) is 0 Å². The number of amides is 1. The number of likely N-dealkylation sites (tertiary alicyclic amines) is 1. The normalized spacial score (nSPS) is 16.0. The van der Waals surface area contributed by atoms with Crippen LogP contribution >= 0.6 is 11.6 Å². The fourth-order valence-corrected chi connectivity index (χ4v) is 2.18. The summed E-state index contributed by atoms with van der Waals surface area (Å²) in [5.41, 5.74) is 4.96. The Kier molecular flexibility index (Phi) is 10.9. The van der Waals surface area contributed by atoms with Gasteiger partial charge in [0.2, 0.25) is 0 Å². The summed E-state index contributed by atoms with van der Waals surface area (Å²) < 4.78 is 15.2. The second-order valence-electron chi connectivity index (χ2n) is 6.16. The van der Waals surface area contributed by atoms with Gasteiger partial charge in [0.05, 0.1) is 19.8 Å². The standard InChI is InChI=1S/C10H19NO3.C5H6ClN3O.C2H6/c1-10(2,3)14-9(12)11-6-5-8(7-11)13-4;1-10-3-4(6)8-2-9-5(3)7;1-2/h8H,5-7H2,1-4H3;2H,1H3,(H2,7,8,9);1-2H3. The number of carbonyl (C=O) groups excluding carboxylic acids is 1. The van der Waals surface area contributed by atoms with Crippen molar-refractivity contribution < 1.29 is 19.0 Å². The lowest BCUT2D eigenvalue weighted by molar-refractivity contribution is 0.0253. The number of halogens is 1. The Bertz CT molecular complexity index is 532. The van der Waals surface area contributed by atoms with Gasteiger partial charge in [-0.15, -0.1) is 0 Å². The van der Waals surface area contributed by atoms with Gasteiger partial charge in [0.1, 0.15) is 11.9 Å². The van der Waals surface area contributed by atoms with Gasteiger partial charge in [-0.1, -0.05) is 25.4 Å². The topological polar surface area (TPSA) is 99.8 Å². The first-order chi connectivity index (χ1) is 12.2. The summed E-state index contributed by atoms with van der Waals surface area (Å²) in [6, 6.07) is 0. The minimum atomic E-state index is -0.414. The molecule has 0 bridgehead atoms. The van der Waals surface area contributed by atoms with Crippen LogP contribution in [0, 0.1) is 0 Å². The van der Waals surface area contributed by atoms with E-state index in [0.717, 1.165) is 13.0 Å². The van der Waals surface area contributed by atoms with Crippen LogP contribution < -0.4 is 10.5 Å². The van der Waals surface area contributed by atoms with Gasteiger partial charge in [0.25, 0.3) is 0 Å². The minimum Gasteiger partial charge on any atom is -0.490 e. The molecule has 1 aliphatic heterocycles. The zero-order valence-corrected chi connectivity index (χ0v) is 17.5. The smallest absolute Gasteiger partial charge is 0.410 e. The molecule has 2 N–H and O–H groups in total. The van der Waals surface area contributed by atoms with Crippen molar-refractivity contribution in [2.45, 2.75) is 52.7 Å². The van der Waals surface area contributed by atoms with Gasteiger partial charge in [-0.3, -0.25) is 0 Å². The molecular formula is C17H31ClN4O4. The van der Waals surface area contributed by atoms with Gasteiger partial charge in [-0.25, -0.2) is 14.8 Å². The Morgan fingerprint density at radius 3 is 2.31 bits per heavy atom. The SMILES string of the molecule is CC.COC1CCN(C(=O)OC(C)(C)C)C1.COc1c(N)ncnc1Cl. The Hall–Kier alpha value is -1.80. The van der Waals surface area contributed by atoms with Crippen LogP contribution in [-0.4, -0.2) is 60.0 Å². The number of aromatic nitrogens is 2. The third kappa shape index (κ3) is 8.53. The van der Waals surface area contributed by atoms with E-state index in [1.807, 2.05) is 34.6 Å². The molecule has 0 spiro atoms. The molecule has 0 radical (unpaired) electrons. The minimum absolute atomic E-state index is 0.169. The number of hydrogen-bond donors (Lipinski definition) is 1. The van der Waals surface area contributed by atoms with Crippen LogP contribution in [0.3, 0.4) is 0 Å². The summed E-state index contributed by atoms with van der Waals surface area (Å²) in [5, 5.41) is 0.231. The van der Waals surface area contributed by atoms with E-state index in [1.54, 1.807) is 12.0 Å². The van der Waals surface area contributed by atoms with E-state index in [9.17, 15) is 4.79 Å². The number of nitrogens with two attached hydrogens (primary N) is 1. The average molecular weight is 391 g/mol. The average Bonchev–Trinajstić information content (AvgIpc) is 3.05. The first-order valence-electron chi connectivity index (χ1n) is 8.48. The second-order valence-corrected chi connectivity index (χ2v) is 6.51. The molecule has 150 valence electrons. The number of ether oxygens (including phenoxy) is 3. The third-order valence-corrected chi connectivity index (χ3v) is 3.39. The Balaban J connectivity index is 0.000000458. The van der Waals surface area contributed by atoms with Crippen LogP contribution in [0.5, 0.6) is 5.75 Å². The number of nitrogen functional groups attached to an aromatic ring is 1. The van der Waals surface area contributed by atoms with Gasteiger partial charge < -0.3 is 24.8 Å². The summed E-state index contributed by atoms with van der Waals surface area (Å²) >= 11 is 5.57. The maximum Gasteiger partial charge on any atom is 0.410 e. The van der Waals surface area contributed by atoms with E-state index >= 15 is 0 Å². The second kappa shape index (κ2) is 11.7. The quantitative estimate of drug-likeness (QED) is 0.772. The van der Waals surface area contributed by atoms with Gasteiger partial charge in [-0.05, 0) is 27.2 Å². The van der Waals surface area contributed by atoms with E-state index in [1.165, 1.54) is 13.4 Å². The number of anilines is 1. The molecule has 1 aromatic rings. The lowest BCUT2D eigenvalue weighted by atomic mass is 10.2. The molecule has 0 saturated carbocycles. The molecule has 1 unspecified atom stereocenters. The van der Waals surface area contributed by atoms with Crippen molar-refractivity contribution in [3.05, 3.63) is 11.5 Å². The maximum absolute atomic E-state index is 11.6. The van der Waals surface area contributed by atoms with Crippen molar-refractivity contribution in [3.63, 3.8) is 0 Å². The summed E-state index contributed by atoms with van der Waals surface area (Å²) in [6.45, 7) is 11.0. The van der Waals surface area contributed by atoms with Gasteiger partial charge in [-0.2, -0.15) is 0 Å². The molecule has 9 heteroatoms. The number of rotatable bonds is 2. The number of methoxy groups -OCH3 is 2. The molecule has 1 aliphatic rings. The van der Waals surface area contributed by atoms with Crippen molar-refractivity contribution in [1.82, 2.24) is 14.9 Å². The zero-order valence-electron chi connectivity index (χ0n) is 16.7. The molecule has 1 fully saturated rings. The summed E-state index contributed by atoms with van der Waals surface area (Å²) in [5.74, 6) is 0.576. The molecule has 1 aromatic heterocycles. The molecule has 26 heavy (non-hydrogen) atoms. The monoisotopic (exact) mass is 390 g/mol. The van der Waals surface area contributed by atoms with Crippen LogP contribution in [0.25, 0.3) is 0 Å². The molecular weight excluding hydrogens is 360 g/mol. The van der Waals surface area contributed by atoms with Crippen LogP contribution in [0.4, 0.5) is 10.6 Å². The predicted molar refractivity (Wildman–Crippen MR) is 103 cm³/mol. The predicted octanol–water partition coefficient (Wildman–Crippen LogP) is 3.39. The molecule has 0 aliphatic carbocycles. The van der Waals surface area contributed by atoms with E-state index in [0.29, 0.717) is 12.3 Å². The van der Waals surface area contributed by atoms with Crippen molar-refractivity contribution >= 4 is 23.5 Å². The molecule has 2 heterocycles. The molecule has 1 saturated heterocycles. The van der Waals surface area contributed by atoms with E-state index in [4.69, 9.17) is 31.5 Å². The summed E-state index contributed by atoms with van der Waals surface area (Å²) in [6.07, 6.45) is 2.11. The Morgan fingerprint density at radius 2 is 1.92 bits per heavy atom. The largest absolute Gasteiger partial charge is 0.490 e. The van der Waals surface area contributed by atoms with E-state index in [2.05, 4.69) is 9.97 Å². The molecule has 1 amide bonds. The third-order valence-electron chi connectivity index (χ3n) is 3.12. The summed E-state index contributed by atoms with van der Waals surface area (Å²) in [4.78, 5) is 20.6. The fraction of sp³-hybridized carbons (Fsp3) is 0.706. The fourth-order valence-electron chi connectivity index (χ4n) is 1.97. The Labute approximate surface area is 161 Å². The van der Waals surface area contributed by atoms with Crippen LogP contribution in [-0.2, 0) is 9.47 Å². The summed E-state index contributed by atoms with van der Waals surface area (Å²) in [7, 11) is 3.13. The number of nitrogens with zero attached hydrogens (tertiary/aromatic N) is 3. The molecule has 1 atom stereocenters. The van der Waals surface area contributed by atoms with Gasteiger partial charge in [0.15, 0.2) is 16.7 Å². The van der Waals surface area contributed by atoms with Crippen molar-refractivity contribution in [3.8, 4) is 5.75 Å². The highest BCUT2D eigenvalue weighted by Gasteiger charge is 2.29. The van der Waals surface area contributed by atoms with E-state index in [-0.39, 0.29) is 23.2 Å². The highest BCUT2D eigenvalue weighted by atomic mass is 35.5. The van der Waals surface area contributed by atoms with E-state index < -0.39 is 5.60 Å².